The predicted molar refractivity (Wildman–Crippen MR) is 24.9 cm³/mol. The fourth-order valence-corrected chi connectivity index (χ4v) is 0.544. The van der Waals surface area contributed by atoms with Gasteiger partial charge in [-0.25, -0.2) is 4.98 Å². The molecule has 1 aromatic rings. The summed E-state index contributed by atoms with van der Waals surface area (Å²) in [6.07, 6.45) is -4.00. The quantitative estimate of drug-likeness (QED) is 0.619. The molecular formula is C4H5F3N3+. The van der Waals surface area contributed by atoms with Crippen LogP contribution in [0.4, 0.5) is 13.2 Å². The molecule has 1 heterocycles. The molecule has 0 aliphatic heterocycles. The predicted octanol–water partition coefficient (Wildman–Crippen LogP) is 0.329. The molecule has 3 nitrogen and oxygen atoms in total. The fourth-order valence-electron chi connectivity index (χ4n) is 0.544. The van der Waals surface area contributed by atoms with E-state index in [2.05, 4.69) is 15.2 Å². The van der Waals surface area contributed by atoms with Gasteiger partial charge in [0, 0.05) is 5.10 Å². The molecule has 1 rings (SSSR count). The van der Waals surface area contributed by atoms with Gasteiger partial charge in [-0.15, -0.1) is 5.10 Å². The average molecular weight is 152 g/mol. The lowest BCUT2D eigenvalue weighted by atomic mass is 10.4. The molecule has 0 bridgehead atoms. The smallest absolute Gasteiger partial charge is 0.248 e. The van der Waals surface area contributed by atoms with Gasteiger partial charge in [0.05, 0.1) is 0 Å². The average Bonchev–Trinajstić information content (AvgIpc) is 2.12. The molecule has 56 valence electrons. The number of aromatic amines is 2. The van der Waals surface area contributed by atoms with Gasteiger partial charge in [-0.1, -0.05) is 0 Å². The third-order valence-corrected chi connectivity index (χ3v) is 0.880. The highest BCUT2D eigenvalue weighted by Crippen LogP contribution is 2.17. The van der Waals surface area contributed by atoms with Crippen LogP contribution in [0.2, 0.25) is 0 Å². The number of nitrogens with zero attached hydrogens (tertiary/aromatic N) is 1. The van der Waals surface area contributed by atoms with Crippen molar-refractivity contribution in [3.8, 4) is 0 Å². The summed E-state index contributed by atoms with van der Waals surface area (Å²) in [6.45, 7) is 0. The lowest BCUT2D eigenvalue weighted by molar-refractivity contribution is -0.395. The number of nitrogens with one attached hydrogen (secondary N) is 2. The first kappa shape index (κ1) is 7.04. The van der Waals surface area contributed by atoms with Crippen molar-refractivity contribution >= 4 is 0 Å². The Balaban J connectivity index is 2.57. The van der Waals surface area contributed by atoms with Gasteiger partial charge in [0.25, 0.3) is 6.33 Å². The molecule has 0 unspecified atom stereocenters. The zero-order valence-electron chi connectivity index (χ0n) is 4.87. The molecule has 0 fully saturated rings. The maximum absolute atomic E-state index is 11.6. The van der Waals surface area contributed by atoms with E-state index >= 15 is 0 Å². The van der Waals surface area contributed by atoms with Crippen molar-refractivity contribution in [1.29, 1.82) is 0 Å². The lowest BCUT2D eigenvalue weighted by Gasteiger charge is -1.98. The van der Waals surface area contributed by atoms with Crippen LogP contribution in [0.3, 0.4) is 0 Å². The Bertz CT molecular complexity index is 190. The molecular weight excluding hydrogens is 147 g/mol. The van der Waals surface area contributed by atoms with Crippen molar-refractivity contribution in [3.05, 3.63) is 12.2 Å². The summed E-state index contributed by atoms with van der Waals surface area (Å²) in [5, 5.41) is 5.49. The highest BCUT2D eigenvalue weighted by atomic mass is 19.4. The first-order valence-corrected chi connectivity index (χ1v) is 2.54. The minimum absolute atomic E-state index is 0.0347. The van der Waals surface area contributed by atoms with E-state index in [0.717, 1.165) is 0 Å². The van der Waals surface area contributed by atoms with Crippen molar-refractivity contribution in [1.82, 2.24) is 10.2 Å². The zero-order chi connectivity index (χ0) is 7.61. The van der Waals surface area contributed by atoms with Crippen molar-refractivity contribution < 1.29 is 18.2 Å². The van der Waals surface area contributed by atoms with Crippen LogP contribution < -0.4 is 4.98 Å². The lowest BCUT2D eigenvalue weighted by Crippen LogP contribution is -2.18. The van der Waals surface area contributed by atoms with Gasteiger partial charge in [-0.3, -0.25) is 0 Å². The summed E-state index contributed by atoms with van der Waals surface area (Å²) < 4.78 is 34.7. The molecule has 0 amide bonds. The second kappa shape index (κ2) is 2.28. The van der Waals surface area contributed by atoms with Gasteiger partial charge in [-0.05, 0) is 0 Å². The third kappa shape index (κ3) is 2.04. The maximum Gasteiger partial charge on any atom is 0.398 e. The first-order valence-electron chi connectivity index (χ1n) is 2.54. The SMILES string of the molecule is FC(F)(F)Cc1[nH]nc[nH+]1. The molecule has 0 radical (unpaired) electrons. The summed E-state index contributed by atoms with van der Waals surface area (Å²) in [5.41, 5.74) is 0. The molecule has 0 aromatic carbocycles. The molecule has 0 aliphatic carbocycles. The van der Waals surface area contributed by atoms with E-state index in [1.54, 1.807) is 0 Å². The molecule has 0 saturated heterocycles. The molecule has 0 aliphatic rings. The van der Waals surface area contributed by atoms with Crippen LogP contribution in [-0.4, -0.2) is 16.4 Å². The van der Waals surface area contributed by atoms with E-state index in [-0.39, 0.29) is 5.82 Å². The van der Waals surface area contributed by atoms with Crippen LogP contribution in [0.1, 0.15) is 5.82 Å². The number of hydrogen-bond donors (Lipinski definition) is 1. The molecule has 6 heteroatoms. The van der Waals surface area contributed by atoms with Gasteiger partial charge in [0.1, 0.15) is 6.42 Å². The van der Waals surface area contributed by atoms with Crippen LogP contribution in [0.25, 0.3) is 0 Å². The Morgan fingerprint density at radius 3 is 2.70 bits per heavy atom. The Labute approximate surface area is 54.3 Å². The van der Waals surface area contributed by atoms with E-state index in [0.29, 0.717) is 0 Å². The van der Waals surface area contributed by atoms with Crippen molar-refractivity contribution in [3.63, 3.8) is 0 Å². The Morgan fingerprint density at radius 1 is 1.60 bits per heavy atom. The fraction of sp³-hybridized carbons (Fsp3) is 0.500. The molecule has 0 atom stereocenters. The standard InChI is InChI=1S/C4H4F3N3/c5-4(6,7)1-3-8-2-9-10-3/h2H,1H2,(H,8,9,10)/p+1. The molecule has 2 N–H and O–H groups in total. The molecule has 0 saturated carbocycles. The summed E-state index contributed by atoms with van der Waals surface area (Å²) in [5.74, 6) is -0.0347. The van der Waals surface area contributed by atoms with Crippen LogP contribution in [0, 0.1) is 0 Å². The second-order valence-electron chi connectivity index (χ2n) is 1.78. The highest BCUT2D eigenvalue weighted by Gasteiger charge is 2.31. The third-order valence-electron chi connectivity index (χ3n) is 0.880. The normalized spacial score (nSPS) is 11.9. The minimum Gasteiger partial charge on any atom is -0.248 e. The summed E-state index contributed by atoms with van der Waals surface area (Å²) in [4.78, 5) is 2.31. The van der Waals surface area contributed by atoms with Crippen molar-refractivity contribution in [2.75, 3.05) is 0 Å². The van der Waals surface area contributed by atoms with Crippen molar-refractivity contribution in [2.24, 2.45) is 0 Å². The topological polar surface area (TPSA) is 42.8 Å². The maximum atomic E-state index is 11.6. The van der Waals surface area contributed by atoms with Crippen LogP contribution >= 0.6 is 0 Å². The number of halogens is 3. The van der Waals surface area contributed by atoms with Gasteiger partial charge in [0.2, 0.25) is 5.82 Å². The van der Waals surface area contributed by atoms with E-state index < -0.39 is 12.6 Å². The molecule has 10 heavy (non-hydrogen) atoms. The van der Waals surface area contributed by atoms with E-state index in [4.69, 9.17) is 0 Å². The van der Waals surface area contributed by atoms with Crippen molar-refractivity contribution in [2.45, 2.75) is 12.6 Å². The first-order chi connectivity index (χ1) is 4.58. The Kier molecular flexibility index (Phi) is 1.60. The Hall–Kier alpha value is -1.07. The summed E-state index contributed by atoms with van der Waals surface area (Å²) >= 11 is 0. The van der Waals surface area contributed by atoms with Gasteiger partial charge < -0.3 is 0 Å². The van der Waals surface area contributed by atoms with E-state index in [1.165, 1.54) is 6.33 Å². The zero-order valence-corrected chi connectivity index (χ0v) is 4.87. The second-order valence-corrected chi connectivity index (χ2v) is 1.78. The largest absolute Gasteiger partial charge is 0.398 e. The minimum atomic E-state index is -4.18. The van der Waals surface area contributed by atoms with Crippen LogP contribution in [0.5, 0.6) is 0 Å². The number of aromatic nitrogens is 3. The highest BCUT2D eigenvalue weighted by molar-refractivity contribution is 4.73. The number of H-pyrrole nitrogens is 2. The van der Waals surface area contributed by atoms with E-state index in [1.807, 2.05) is 0 Å². The Morgan fingerprint density at radius 2 is 2.30 bits per heavy atom. The molecule has 0 spiro atoms. The summed E-state index contributed by atoms with van der Waals surface area (Å²) in [7, 11) is 0. The number of alkyl halides is 3. The van der Waals surface area contributed by atoms with Gasteiger partial charge in [-0.2, -0.15) is 13.2 Å². The van der Waals surface area contributed by atoms with E-state index in [9.17, 15) is 13.2 Å². The van der Waals surface area contributed by atoms with Crippen LogP contribution in [0.15, 0.2) is 6.33 Å². The van der Waals surface area contributed by atoms with Gasteiger partial charge in [0.15, 0.2) is 0 Å². The van der Waals surface area contributed by atoms with Crippen LogP contribution in [-0.2, 0) is 6.42 Å². The molecule has 1 aromatic heterocycles. The summed E-state index contributed by atoms with van der Waals surface area (Å²) in [6, 6.07) is 0. The number of rotatable bonds is 1. The monoisotopic (exact) mass is 152 g/mol. The number of hydrogen-bond acceptors (Lipinski definition) is 1. The van der Waals surface area contributed by atoms with Gasteiger partial charge >= 0.3 is 6.18 Å².